The first-order valence-electron chi connectivity index (χ1n) is 7.71. The van der Waals surface area contributed by atoms with Crippen LogP contribution >= 0.6 is 0 Å². The molecule has 21 heavy (non-hydrogen) atoms. The zero-order valence-electron chi connectivity index (χ0n) is 13.8. The van der Waals surface area contributed by atoms with Gasteiger partial charge in [0.25, 0.3) is 0 Å². The Labute approximate surface area is 127 Å². The fraction of sp³-hybridized carbons (Fsp3) is 0.867. The molecule has 2 aliphatic rings. The summed E-state index contributed by atoms with van der Waals surface area (Å²) in [6, 6.07) is -0.0180. The lowest BCUT2D eigenvalue weighted by Crippen LogP contribution is -2.52. The van der Waals surface area contributed by atoms with Gasteiger partial charge in [-0.25, -0.2) is 4.79 Å². The van der Waals surface area contributed by atoms with Gasteiger partial charge in [-0.05, 0) is 34.1 Å². The Bertz CT molecular complexity index is 419. The van der Waals surface area contributed by atoms with E-state index in [1.54, 1.807) is 9.80 Å². The number of carbonyl (C=O) groups excluding carboxylic acids is 2. The summed E-state index contributed by atoms with van der Waals surface area (Å²) in [5, 5.41) is 0. The van der Waals surface area contributed by atoms with Gasteiger partial charge in [-0.15, -0.1) is 0 Å². The fourth-order valence-corrected chi connectivity index (χ4v) is 3.11. The summed E-state index contributed by atoms with van der Waals surface area (Å²) >= 11 is 0. The summed E-state index contributed by atoms with van der Waals surface area (Å²) in [4.78, 5) is 30.3. The number of nitrogens with zero attached hydrogens (tertiary/aromatic N) is 3. The molecular formula is C15H27N3O3. The van der Waals surface area contributed by atoms with Crippen LogP contribution in [0.4, 0.5) is 4.79 Å². The van der Waals surface area contributed by atoms with Crippen molar-refractivity contribution in [3.8, 4) is 0 Å². The van der Waals surface area contributed by atoms with Crippen molar-refractivity contribution in [2.24, 2.45) is 0 Å². The molecule has 0 unspecified atom stereocenters. The van der Waals surface area contributed by atoms with Crippen LogP contribution in [0.2, 0.25) is 0 Å². The first-order chi connectivity index (χ1) is 9.73. The first-order valence-corrected chi connectivity index (χ1v) is 7.71. The molecule has 0 aromatic rings. The van der Waals surface area contributed by atoms with Crippen molar-refractivity contribution in [2.45, 2.75) is 51.8 Å². The van der Waals surface area contributed by atoms with E-state index in [1.165, 1.54) is 0 Å². The molecule has 2 rings (SSSR count). The maximum absolute atomic E-state index is 12.3. The lowest BCUT2D eigenvalue weighted by molar-refractivity contribution is -0.138. The lowest BCUT2D eigenvalue weighted by atomic mass is 10.1. The van der Waals surface area contributed by atoms with Crippen molar-refractivity contribution in [3.05, 3.63) is 0 Å². The van der Waals surface area contributed by atoms with Gasteiger partial charge in [-0.1, -0.05) is 0 Å². The quantitative estimate of drug-likeness (QED) is 0.767. The molecule has 0 bridgehead atoms. The second-order valence-corrected chi connectivity index (χ2v) is 6.93. The van der Waals surface area contributed by atoms with Gasteiger partial charge in [-0.3, -0.25) is 9.69 Å². The molecule has 6 nitrogen and oxygen atoms in total. The number of ether oxygens (including phenoxy) is 1. The van der Waals surface area contributed by atoms with Crippen molar-refractivity contribution in [3.63, 3.8) is 0 Å². The van der Waals surface area contributed by atoms with E-state index in [0.29, 0.717) is 13.0 Å². The summed E-state index contributed by atoms with van der Waals surface area (Å²) in [5.74, 6) is 0.170. The molecule has 120 valence electrons. The predicted octanol–water partition coefficient (Wildman–Crippen LogP) is 1.16. The molecule has 2 amide bonds. The first kappa shape index (κ1) is 16.1. The molecule has 0 N–H and O–H groups in total. The van der Waals surface area contributed by atoms with E-state index in [0.717, 1.165) is 19.6 Å². The largest absolute Gasteiger partial charge is 0.444 e. The molecule has 0 aromatic heterocycles. The highest BCUT2D eigenvalue weighted by Crippen LogP contribution is 2.27. The molecule has 2 fully saturated rings. The van der Waals surface area contributed by atoms with Crippen LogP contribution < -0.4 is 0 Å². The molecule has 2 heterocycles. The van der Waals surface area contributed by atoms with Crippen LogP contribution in [0, 0.1) is 0 Å². The maximum Gasteiger partial charge on any atom is 0.410 e. The predicted molar refractivity (Wildman–Crippen MR) is 80.0 cm³/mol. The number of piperazine rings is 1. The van der Waals surface area contributed by atoms with Gasteiger partial charge in [0, 0.05) is 39.3 Å². The van der Waals surface area contributed by atoms with Gasteiger partial charge in [-0.2, -0.15) is 0 Å². The van der Waals surface area contributed by atoms with Crippen LogP contribution in [0.15, 0.2) is 0 Å². The third-order valence-corrected chi connectivity index (χ3v) is 4.17. The molecule has 0 spiro atoms. The Morgan fingerprint density at radius 1 is 1.38 bits per heavy atom. The second-order valence-electron chi connectivity index (χ2n) is 6.93. The Morgan fingerprint density at radius 2 is 2.05 bits per heavy atom. The molecular weight excluding hydrogens is 270 g/mol. The van der Waals surface area contributed by atoms with E-state index < -0.39 is 5.60 Å². The minimum Gasteiger partial charge on any atom is -0.444 e. The van der Waals surface area contributed by atoms with Gasteiger partial charge in [0.2, 0.25) is 5.91 Å². The molecule has 2 saturated heterocycles. The molecule has 0 radical (unpaired) electrons. The zero-order valence-corrected chi connectivity index (χ0v) is 13.8. The highest BCUT2D eigenvalue weighted by atomic mass is 16.6. The Kier molecular flexibility index (Phi) is 4.46. The number of fused-ring (bicyclic) bond motifs is 1. The zero-order chi connectivity index (χ0) is 15.8. The number of amides is 2. The van der Waals surface area contributed by atoms with Crippen LogP contribution in [0.3, 0.4) is 0 Å². The highest BCUT2D eigenvalue weighted by Gasteiger charge is 2.44. The van der Waals surface area contributed by atoms with Crippen molar-refractivity contribution >= 4 is 12.0 Å². The summed E-state index contributed by atoms with van der Waals surface area (Å²) < 4.78 is 5.48. The number of likely N-dealkylation sites (N-methyl/N-ethyl adjacent to an activating group) is 2. The average Bonchev–Trinajstić information content (AvgIpc) is 2.77. The molecule has 0 aromatic carbocycles. The Morgan fingerprint density at radius 3 is 2.62 bits per heavy atom. The topological polar surface area (TPSA) is 53.1 Å². The van der Waals surface area contributed by atoms with Crippen molar-refractivity contribution in [1.82, 2.24) is 14.7 Å². The van der Waals surface area contributed by atoms with Gasteiger partial charge in [0.1, 0.15) is 5.60 Å². The van der Waals surface area contributed by atoms with Crippen LogP contribution in [0.5, 0.6) is 0 Å². The van der Waals surface area contributed by atoms with Crippen molar-refractivity contribution in [2.75, 3.05) is 33.2 Å². The standard InChI is InChI=1S/C15H27N3O3/c1-6-18(14(20)21-15(2,3)4)11-9-12-13(19)16(5)7-8-17(12)10-11/h11-12H,6-10H2,1-5H3/t11-,12+/m0/s1. The van der Waals surface area contributed by atoms with E-state index in [9.17, 15) is 9.59 Å². The number of rotatable bonds is 2. The third-order valence-electron chi connectivity index (χ3n) is 4.17. The molecule has 0 saturated carbocycles. The van der Waals surface area contributed by atoms with E-state index in [1.807, 2.05) is 34.7 Å². The normalized spacial score (nSPS) is 26.7. The van der Waals surface area contributed by atoms with Crippen LogP contribution in [0.1, 0.15) is 34.1 Å². The highest BCUT2D eigenvalue weighted by molar-refractivity contribution is 5.83. The summed E-state index contributed by atoms with van der Waals surface area (Å²) in [6.45, 7) is 10.6. The smallest absolute Gasteiger partial charge is 0.410 e. The Hall–Kier alpha value is -1.30. The fourth-order valence-electron chi connectivity index (χ4n) is 3.11. The number of hydrogen-bond donors (Lipinski definition) is 0. The van der Waals surface area contributed by atoms with E-state index in [2.05, 4.69) is 4.90 Å². The van der Waals surface area contributed by atoms with E-state index in [4.69, 9.17) is 4.74 Å². The van der Waals surface area contributed by atoms with Crippen LogP contribution in [-0.4, -0.2) is 77.6 Å². The monoisotopic (exact) mass is 297 g/mol. The van der Waals surface area contributed by atoms with E-state index in [-0.39, 0.29) is 24.1 Å². The molecule has 0 aliphatic carbocycles. The maximum atomic E-state index is 12.3. The average molecular weight is 297 g/mol. The number of carbonyl (C=O) groups is 2. The second kappa shape index (κ2) is 5.83. The van der Waals surface area contributed by atoms with Crippen molar-refractivity contribution in [1.29, 1.82) is 0 Å². The molecule has 2 aliphatic heterocycles. The third kappa shape index (κ3) is 3.48. The van der Waals surface area contributed by atoms with Gasteiger partial charge in [0.15, 0.2) is 0 Å². The lowest BCUT2D eigenvalue weighted by Gasteiger charge is -2.34. The minimum absolute atomic E-state index is 0.0605. The SMILES string of the molecule is CCN(C(=O)OC(C)(C)C)[C@H]1C[C@@H]2C(=O)N(C)CCN2C1. The molecule has 6 heteroatoms. The van der Waals surface area contributed by atoms with Crippen molar-refractivity contribution < 1.29 is 14.3 Å². The van der Waals surface area contributed by atoms with Gasteiger partial charge >= 0.3 is 6.09 Å². The van der Waals surface area contributed by atoms with Gasteiger partial charge < -0.3 is 14.5 Å². The van der Waals surface area contributed by atoms with Crippen LogP contribution in [-0.2, 0) is 9.53 Å². The minimum atomic E-state index is -0.494. The molecule has 2 atom stereocenters. The van der Waals surface area contributed by atoms with Gasteiger partial charge in [0.05, 0.1) is 6.04 Å². The summed E-state index contributed by atoms with van der Waals surface area (Å²) in [7, 11) is 1.85. The van der Waals surface area contributed by atoms with E-state index >= 15 is 0 Å². The number of hydrogen-bond acceptors (Lipinski definition) is 4. The summed E-state index contributed by atoms with van der Waals surface area (Å²) in [6.07, 6.45) is 0.423. The summed E-state index contributed by atoms with van der Waals surface area (Å²) in [5.41, 5.74) is -0.494. The Balaban J connectivity index is 2.04. The van der Waals surface area contributed by atoms with Crippen LogP contribution in [0.25, 0.3) is 0 Å².